The van der Waals surface area contributed by atoms with Gasteiger partial charge >= 0.3 is 0 Å². The normalized spacial score (nSPS) is 21.0. The summed E-state index contributed by atoms with van der Waals surface area (Å²) in [6, 6.07) is 6.73. The zero-order valence-electron chi connectivity index (χ0n) is 13.0. The van der Waals surface area contributed by atoms with Crippen molar-refractivity contribution >= 4 is 34.2 Å². The molecule has 1 saturated heterocycles. The minimum atomic E-state index is -0.620. The Morgan fingerprint density at radius 1 is 1.22 bits per heavy atom. The van der Waals surface area contributed by atoms with Gasteiger partial charge in [0.1, 0.15) is 11.1 Å². The Balaban J connectivity index is 1.79. The standard InChI is InChI=1S/C16H20N4O2S/c1-10(21)18-11-4-6-12(7-5-11)19-14-13(17)16(22)23-15(14)20-8-2-3-9-20/h4-7,13,19H,2-3,8-9,17H2,1H3,(H,18,21). The minimum absolute atomic E-state index is 0.0238. The molecule has 7 heteroatoms. The van der Waals surface area contributed by atoms with Crippen LogP contribution < -0.4 is 16.4 Å². The van der Waals surface area contributed by atoms with Crippen LogP contribution in [0.5, 0.6) is 0 Å². The third kappa shape index (κ3) is 3.51. The second kappa shape index (κ2) is 6.64. The Hall–Kier alpha value is -1.99. The molecular formula is C16H20N4O2S. The van der Waals surface area contributed by atoms with Crippen molar-refractivity contribution < 1.29 is 9.59 Å². The number of amides is 1. The van der Waals surface area contributed by atoms with Gasteiger partial charge in [0.25, 0.3) is 0 Å². The third-order valence-corrected chi connectivity index (χ3v) is 5.00. The summed E-state index contributed by atoms with van der Waals surface area (Å²) < 4.78 is 0. The first-order valence-corrected chi connectivity index (χ1v) is 8.47. The number of hydrogen-bond donors (Lipinski definition) is 3. The maximum absolute atomic E-state index is 12.0. The molecule has 0 spiro atoms. The molecule has 122 valence electrons. The van der Waals surface area contributed by atoms with Gasteiger partial charge in [-0.25, -0.2) is 0 Å². The Bertz CT molecular complexity index is 651. The number of carbonyl (C=O) groups excluding carboxylic acids is 2. The second-order valence-electron chi connectivity index (χ2n) is 5.70. The highest BCUT2D eigenvalue weighted by Gasteiger charge is 2.35. The van der Waals surface area contributed by atoms with E-state index in [2.05, 4.69) is 15.5 Å². The Kier molecular flexibility index (Phi) is 4.58. The molecule has 2 aliphatic rings. The molecule has 1 unspecified atom stereocenters. The largest absolute Gasteiger partial charge is 0.365 e. The molecule has 0 aliphatic carbocycles. The fourth-order valence-electron chi connectivity index (χ4n) is 2.75. The van der Waals surface area contributed by atoms with E-state index in [0.717, 1.165) is 48.0 Å². The molecule has 6 nitrogen and oxygen atoms in total. The van der Waals surface area contributed by atoms with Gasteiger partial charge in [0.15, 0.2) is 0 Å². The average molecular weight is 332 g/mol. The first kappa shape index (κ1) is 15.9. The van der Waals surface area contributed by atoms with Gasteiger partial charge in [0.05, 0.1) is 5.70 Å². The summed E-state index contributed by atoms with van der Waals surface area (Å²) in [5.41, 5.74) is 8.40. The van der Waals surface area contributed by atoms with Crippen LogP contribution in [0.3, 0.4) is 0 Å². The summed E-state index contributed by atoms with van der Waals surface area (Å²) in [5, 5.41) is 6.94. The molecule has 2 heterocycles. The minimum Gasteiger partial charge on any atom is -0.365 e. The number of carbonyl (C=O) groups is 2. The van der Waals surface area contributed by atoms with Gasteiger partial charge in [0, 0.05) is 31.4 Å². The lowest BCUT2D eigenvalue weighted by molar-refractivity contribution is -0.114. The van der Waals surface area contributed by atoms with Crippen molar-refractivity contribution in [3.8, 4) is 0 Å². The van der Waals surface area contributed by atoms with Gasteiger partial charge in [-0.3, -0.25) is 9.59 Å². The summed E-state index contributed by atoms with van der Waals surface area (Å²) in [7, 11) is 0. The number of nitrogens with two attached hydrogens (primary N) is 1. The van der Waals surface area contributed by atoms with Crippen LogP contribution in [0, 0.1) is 0 Å². The van der Waals surface area contributed by atoms with E-state index in [-0.39, 0.29) is 11.0 Å². The van der Waals surface area contributed by atoms with E-state index < -0.39 is 6.04 Å². The van der Waals surface area contributed by atoms with E-state index >= 15 is 0 Å². The molecule has 1 fully saturated rings. The van der Waals surface area contributed by atoms with Crippen molar-refractivity contribution in [3.63, 3.8) is 0 Å². The summed E-state index contributed by atoms with van der Waals surface area (Å²) in [4.78, 5) is 25.3. The van der Waals surface area contributed by atoms with Crippen LogP contribution in [-0.4, -0.2) is 35.1 Å². The van der Waals surface area contributed by atoms with Crippen LogP contribution in [0.4, 0.5) is 11.4 Å². The van der Waals surface area contributed by atoms with Crippen molar-refractivity contribution in [2.24, 2.45) is 5.73 Å². The second-order valence-corrected chi connectivity index (χ2v) is 6.69. The molecule has 2 aliphatic heterocycles. The average Bonchev–Trinajstić information content (AvgIpc) is 3.12. The lowest BCUT2D eigenvalue weighted by Gasteiger charge is -2.20. The summed E-state index contributed by atoms with van der Waals surface area (Å²) >= 11 is 1.23. The highest BCUT2D eigenvalue weighted by Crippen LogP contribution is 2.37. The smallest absolute Gasteiger partial charge is 0.221 e. The van der Waals surface area contributed by atoms with Crippen molar-refractivity contribution in [1.82, 2.24) is 4.90 Å². The van der Waals surface area contributed by atoms with E-state index in [1.165, 1.54) is 18.7 Å². The van der Waals surface area contributed by atoms with Crippen LogP contribution in [-0.2, 0) is 9.59 Å². The SMILES string of the molecule is CC(=O)Nc1ccc(NC2=C(N3CCCC3)SC(=O)C2N)cc1. The molecule has 1 aromatic rings. The molecule has 3 rings (SSSR count). The fourth-order valence-corrected chi connectivity index (χ4v) is 3.78. The predicted molar refractivity (Wildman–Crippen MR) is 92.8 cm³/mol. The summed E-state index contributed by atoms with van der Waals surface area (Å²) in [5.74, 6) is -0.107. The van der Waals surface area contributed by atoms with Gasteiger partial charge < -0.3 is 21.3 Å². The van der Waals surface area contributed by atoms with Crippen LogP contribution >= 0.6 is 11.8 Å². The molecule has 0 radical (unpaired) electrons. The predicted octanol–water partition coefficient (Wildman–Crippen LogP) is 1.92. The van der Waals surface area contributed by atoms with E-state index in [1.54, 1.807) is 0 Å². The fraction of sp³-hybridized carbons (Fsp3) is 0.375. The number of benzene rings is 1. The maximum Gasteiger partial charge on any atom is 0.221 e. The number of nitrogens with zero attached hydrogens (tertiary/aromatic N) is 1. The zero-order valence-corrected chi connectivity index (χ0v) is 13.8. The summed E-state index contributed by atoms with van der Waals surface area (Å²) in [6.07, 6.45) is 2.29. The Morgan fingerprint density at radius 3 is 2.43 bits per heavy atom. The molecular weight excluding hydrogens is 312 g/mol. The topological polar surface area (TPSA) is 87.5 Å². The van der Waals surface area contributed by atoms with E-state index in [9.17, 15) is 9.59 Å². The lowest BCUT2D eigenvalue weighted by Crippen LogP contribution is -2.31. The Labute approximate surface area is 139 Å². The number of thioether (sulfide) groups is 1. The lowest BCUT2D eigenvalue weighted by atomic mass is 10.2. The number of hydrogen-bond acceptors (Lipinski definition) is 6. The highest BCUT2D eigenvalue weighted by molar-refractivity contribution is 8.17. The van der Waals surface area contributed by atoms with Gasteiger partial charge in [-0.05, 0) is 48.9 Å². The quantitative estimate of drug-likeness (QED) is 0.781. The van der Waals surface area contributed by atoms with Gasteiger partial charge in [-0.1, -0.05) is 0 Å². The monoisotopic (exact) mass is 332 g/mol. The summed E-state index contributed by atoms with van der Waals surface area (Å²) in [6.45, 7) is 3.41. The van der Waals surface area contributed by atoms with E-state index in [0.29, 0.717) is 0 Å². The molecule has 1 amide bonds. The molecule has 23 heavy (non-hydrogen) atoms. The molecule has 1 atom stereocenters. The van der Waals surface area contributed by atoms with Crippen molar-refractivity contribution in [1.29, 1.82) is 0 Å². The van der Waals surface area contributed by atoms with Gasteiger partial charge in [0.2, 0.25) is 11.0 Å². The van der Waals surface area contributed by atoms with Crippen molar-refractivity contribution in [2.75, 3.05) is 23.7 Å². The molecule has 0 saturated carbocycles. The molecule has 0 aromatic heterocycles. The van der Waals surface area contributed by atoms with Crippen LogP contribution in [0.2, 0.25) is 0 Å². The Morgan fingerprint density at radius 2 is 1.83 bits per heavy atom. The first-order valence-electron chi connectivity index (χ1n) is 7.65. The first-order chi connectivity index (χ1) is 11.0. The van der Waals surface area contributed by atoms with Gasteiger partial charge in [-0.15, -0.1) is 0 Å². The van der Waals surface area contributed by atoms with E-state index in [4.69, 9.17) is 5.73 Å². The van der Waals surface area contributed by atoms with E-state index in [1.807, 2.05) is 24.3 Å². The third-order valence-electron chi connectivity index (χ3n) is 3.87. The number of rotatable bonds is 4. The van der Waals surface area contributed by atoms with Crippen LogP contribution in [0.25, 0.3) is 0 Å². The molecule has 4 N–H and O–H groups in total. The van der Waals surface area contributed by atoms with Crippen molar-refractivity contribution in [3.05, 3.63) is 35.0 Å². The highest BCUT2D eigenvalue weighted by atomic mass is 32.2. The maximum atomic E-state index is 12.0. The molecule has 1 aromatic carbocycles. The number of anilines is 2. The number of nitrogens with one attached hydrogen (secondary N) is 2. The number of likely N-dealkylation sites (tertiary alicyclic amines) is 1. The molecule has 0 bridgehead atoms. The van der Waals surface area contributed by atoms with Crippen LogP contribution in [0.15, 0.2) is 35.0 Å². The van der Waals surface area contributed by atoms with Gasteiger partial charge in [-0.2, -0.15) is 0 Å². The van der Waals surface area contributed by atoms with Crippen molar-refractivity contribution in [2.45, 2.75) is 25.8 Å². The zero-order chi connectivity index (χ0) is 16.4. The van der Waals surface area contributed by atoms with Crippen LogP contribution in [0.1, 0.15) is 19.8 Å².